The summed E-state index contributed by atoms with van der Waals surface area (Å²) in [7, 11) is -3.02. The van der Waals surface area contributed by atoms with Crippen LogP contribution in [0, 0.1) is 0 Å². The van der Waals surface area contributed by atoms with E-state index in [2.05, 4.69) is 0 Å². The minimum Gasteiger partial charge on any atom is -0.381 e. The van der Waals surface area contributed by atoms with E-state index in [1.165, 1.54) is 0 Å². The second-order valence-electron chi connectivity index (χ2n) is 3.28. The van der Waals surface area contributed by atoms with Crippen molar-refractivity contribution < 1.29 is 17.9 Å². The highest BCUT2D eigenvalue weighted by Crippen LogP contribution is 1.95. The van der Waals surface area contributed by atoms with Crippen LogP contribution in [0.3, 0.4) is 0 Å². The molecule has 0 heterocycles. The third-order valence-electron chi connectivity index (χ3n) is 1.63. The summed E-state index contributed by atoms with van der Waals surface area (Å²) in [5.74, 6) is -0.105. The Morgan fingerprint density at radius 3 is 2.36 bits per heavy atom. The molecule has 0 saturated heterocycles. The maximum Gasteiger partial charge on any atom is 0.147 e. The van der Waals surface area contributed by atoms with Crippen LogP contribution in [0.2, 0.25) is 0 Å². The van der Waals surface area contributed by atoms with Crippen LogP contribution in [0.15, 0.2) is 0 Å². The molecule has 14 heavy (non-hydrogen) atoms. The predicted molar refractivity (Wildman–Crippen MR) is 55.1 cm³/mol. The van der Waals surface area contributed by atoms with Crippen molar-refractivity contribution >= 4 is 15.6 Å². The topological polar surface area (TPSA) is 60.4 Å². The van der Waals surface area contributed by atoms with E-state index < -0.39 is 9.84 Å². The molecular weight excluding hydrogens is 204 g/mol. The highest BCUT2D eigenvalue weighted by Gasteiger charge is 2.07. The summed E-state index contributed by atoms with van der Waals surface area (Å²) in [5, 5.41) is 0. The van der Waals surface area contributed by atoms with Crippen molar-refractivity contribution in [2.24, 2.45) is 0 Å². The molecule has 0 aliphatic heterocycles. The fourth-order valence-corrected chi connectivity index (χ4v) is 1.46. The van der Waals surface area contributed by atoms with Crippen molar-refractivity contribution in [3.8, 4) is 0 Å². The monoisotopic (exact) mass is 222 g/mol. The molecule has 4 nitrogen and oxygen atoms in total. The van der Waals surface area contributed by atoms with Gasteiger partial charge in [-0.25, -0.2) is 8.42 Å². The average molecular weight is 222 g/mol. The highest BCUT2D eigenvalue weighted by atomic mass is 32.2. The van der Waals surface area contributed by atoms with Gasteiger partial charge in [-0.05, 0) is 6.42 Å². The molecule has 0 fully saturated rings. The molecule has 0 N–H and O–H groups in total. The molecule has 0 saturated carbocycles. The van der Waals surface area contributed by atoms with Crippen LogP contribution < -0.4 is 0 Å². The summed E-state index contributed by atoms with van der Waals surface area (Å²) < 4.78 is 26.6. The van der Waals surface area contributed by atoms with Gasteiger partial charge in [-0.3, -0.25) is 4.79 Å². The Balaban J connectivity index is 3.47. The molecule has 0 unspecified atom stereocenters. The predicted octanol–water partition coefficient (Wildman–Crippen LogP) is 0.807. The molecule has 0 aromatic rings. The summed E-state index contributed by atoms with van der Waals surface area (Å²) in [6.07, 6.45) is 2.48. The molecule has 0 aromatic heterocycles. The lowest BCUT2D eigenvalue weighted by Gasteiger charge is -2.01. The van der Waals surface area contributed by atoms with E-state index in [1.807, 2.05) is 6.92 Å². The van der Waals surface area contributed by atoms with Gasteiger partial charge in [0.2, 0.25) is 0 Å². The molecule has 0 aromatic carbocycles. The van der Waals surface area contributed by atoms with Crippen molar-refractivity contribution in [1.29, 1.82) is 0 Å². The van der Waals surface area contributed by atoms with E-state index in [-0.39, 0.29) is 18.0 Å². The maximum atomic E-state index is 11.1. The number of ether oxygens (including phenoxy) is 1. The number of ketones is 1. The van der Waals surface area contributed by atoms with Crippen LogP contribution in [0.25, 0.3) is 0 Å². The normalized spacial score (nSPS) is 11.6. The standard InChI is InChI=1S/C9H18O4S/c1-3-6-13-7-4-9(10)5-8-14(2,11)12/h3-8H2,1-2H3. The lowest BCUT2D eigenvalue weighted by molar-refractivity contribution is -0.119. The molecule has 0 atom stereocenters. The quantitative estimate of drug-likeness (QED) is 0.570. The Labute approximate surface area is 85.6 Å². The second-order valence-corrected chi connectivity index (χ2v) is 5.54. The molecule has 0 rings (SSSR count). The Morgan fingerprint density at radius 2 is 1.86 bits per heavy atom. The first kappa shape index (κ1) is 13.6. The van der Waals surface area contributed by atoms with Crippen LogP contribution >= 0.6 is 0 Å². The number of hydrogen-bond donors (Lipinski definition) is 0. The van der Waals surface area contributed by atoms with Gasteiger partial charge < -0.3 is 4.74 Å². The van der Waals surface area contributed by atoms with E-state index in [1.54, 1.807) is 0 Å². The van der Waals surface area contributed by atoms with Crippen LogP contribution in [-0.2, 0) is 19.4 Å². The molecule has 0 bridgehead atoms. The number of hydrogen-bond acceptors (Lipinski definition) is 4. The van der Waals surface area contributed by atoms with Crippen LogP contribution in [0.4, 0.5) is 0 Å². The fourth-order valence-electron chi connectivity index (χ4n) is 0.857. The zero-order chi connectivity index (χ0) is 11.0. The summed E-state index contributed by atoms with van der Waals surface area (Å²) in [5.41, 5.74) is 0. The molecule has 0 amide bonds. The minimum atomic E-state index is -3.02. The second kappa shape index (κ2) is 6.95. The minimum absolute atomic E-state index is 0.0495. The van der Waals surface area contributed by atoms with E-state index in [4.69, 9.17) is 4.74 Å². The molecule has 0 radical (unpaired) electrons. The van der Waals surface area contributed by atoms with Crippen molar-refractivity contribution in [2.45, 2.75) is 26.2 Å². The highest BCUT2D eigenvalue weighted by molar-refractivity contribution is 7.90. The third kappa shape index (κ3) is 9.67. The smallest absolute Gasteiger partial charge is 0.147 e. The van der Waals surface area contributed by atoms with Crippen molar-refractivity contribution in [1.82, 2.24) is 0 Å². The molecule has 84 valence electrons. The van der Waals surface area contributed by atoms with Crippen molar-refractivity contribution in [3.05, 3.63) is 0 Å². The van der Waals surface area contributed by atoms with E-state index in [0.717, 1.165) is 12.7 Å². The maximum absolute atomic E-state index is 11.1. The lowest BCUT2D eigenvalue weighted by Crippen LogP contribution is -2.11. The Kier molecular flexibility index (Phi) is 6.74. The zero-order valence-electron chi connectivity index (χ0n) is 8.78. The zero-order valence-corrected chi connectivity index (χ0v) is 9.60. The van der Waals surface area contributed by atoms with Crippen molar-refractivity contribution in [3.63, 3.8) is 0 Å². The first-order valence-electron chi connectivity index (χ1n) is 4.73. The number of carbonyl (C=O) groups is 1. The van der Waals surface area contributed by atoms with Gasteiger partial charge in [0.1, 0.15) is 15.6 Å². The van der Waals surface area contributed by atoms with Gasteiger partial charge >= 0.3 is 0 Å². The van der Waals surface area contributed by atoms with Gasteiger partial charge in [-0.2, -0.15) is 0 Å². The van der Waals surface area contributed by atoms with Crippen LogP contribution in [-0.4, -0.2) is 39.4 Å². The van der Waals surface area contributed by atoms with E-state index in [9.17, 15) is 13.2 Å². The number of Topliss-reactive ketones (excluding diaryl/α,β-unsaturated/α-hetero) is 1. The van der Waals surface area contributed by atoms with Gasteiger partial charge in [-0.1, -0.05) is 6.92 Å². The number of carbonyl (C=O) groups excluding carboxylic acids is 1. The molecular formula is C9H18O4S. The van der Waals surface area contributed by atoms with Crippen LogP contribution in [0.1, 0.15) is 26.2 Å². The van der Waals surface area contributed by atoms with Gasteiger partial charge in [-0.15, -0.1) is 0 Å². The van der Waals surface area contributed by atoms with Gasteiger partial charge in [0, 0.05) is 25.7 Å². The number of sulfone groups is 1. The molecule has 0 spiro atoms. The third-order valence-corrected chi connectivity index (χ3v) is 2.57. The molecule has 5 heteroatoms. The SMILES string of the molecule is CCCOCCC(=O)CCS(C)(=O)=O. The summed E-state index contributed by atoms with van der Waals surface area (Å²) >= 11 is 0. The van der Waals surface area contributed by atoms with Crippen LogP contribution in [0.5, 0.6) is 0 Å². The average Bonchev–Trinajstić information content (AvgIpc) is 2.08. The van der Waals surface area contributed by atoms with Gasteiger partial charge in [0.05, 0.1) is 12.4 Å². The summed E-state index contributed by atoms with van der Waals surface area (Å²) in [4.78, 5) is 11.1. The molecule has 0 aliphatic rings. The van der Waals surface area contributed by atoms with E-state index in [0.29, 0.717) is 19.6 Å². The van der Waals surface area contributed by atoms with Crippen molar-refractivity contribution in [2.75, 3.05) is 25.2 Å². The summed E-state index contributed by atoms with van der Waals surface area (Å²) in [6.45, 7) is 3.04. The first-order chi connectivity index (χ1) is 6.45. The number of rotatable bonds is 8. The fraction of sp³-hybridized carbons (Fsp3) is 0.889. The molecule has 0 aliphatic carbocycles. The van der Waals surface area contributed by atoms with Gasteiger partial charge in [0.25, 0.3) is 0 Å². The van der Waals surface area contributed by atoms with Gasteiger partial charge in [0.15, 0.2) is 0 Å². The Morgan fingerprint density at radius 1 is 1.21 bits per heavy atom. The summed E-state index contributed by atoms with van der Waals surface area (Å²) in [6, 6.07) is 0. The first-order valence-corrected chi connectivity index (χ1v) is 6.79. The Bertz CT molecular complexity index is 256. The lowest BCUT2D eigenvalue weighted by atomic mass is 10.2. The largest absolute Gasteiger partial charge is 0.381 e. The van der Waals surface area contributed by atoms with E-state index >= 15 is 0 Å². The Hall–Kier alpha value is -0.420.